The predicted octanol–water partition coefficient (Wildman–Crippen LogP) is 2.44. The maximum Gasteiger partial charge on any atom is 0.175 e. The van der Waals surface area contributed by atoms with Gasteiger partial charge in [-0.3, -0.25) is 4.90 Å². The third kappa shape index (κ3) is 3.33. The Morgan fingerprint density at radius 2 is 1.73 bits per heavy atom. The SMILES string of the molecule is CC1C(Nc2ccc(-c3ccc(S(C)(=O)=O)cc3)nn2)C2CCN1CC2. The number of sulfone groups is 1. The molecule has 3 aliphatic heterocycles. The molecule has 2 atom stereocenters. The van der Waals surface area contributed by atoms with E-state index < -0.39 is 9.84 Å². The Bertz CT molecular complexity index is 871. The number of benzene rings is 1. The van der Waals surface area contributed by atoms with E-state index in [0.717, 1.165) is 17.1 Å². The summed E-state index contributed by atoms with van der Waals surface area (Å²) in [6.45, 7) is 4.70. The highest BCUT2D eigenvalue weighted by atomic mass is 32.2. The lowest BCUT2D eigenvalue weighted by Crippen LogP contribution is -2.59. The Balaban J connectivity index is 1.48. The molecule has 3 fully saturated rings. The molecule has 0 spiro atoms. The first-order chi connectivity index (χ1) is 12.4. The summed E-state index contributed by atoms with van der Waals surface area (Å²) in [6, 6.07) is 11.6. The van der Waals surface area contributed by atoms with E-state index in [1.165, 1.54) is 32.2 Å². The van der Waals surface area contributed by atoms with Crippen LogP contribution in [0.25, 0.3) is 11.3 Å². The fourth-order valence-corrected chi connectivity index (χ4v) is 4.78. The van der Waals surface area contributed by atoms with Gasteiger partial charge in [0, 0.05) is 23.9 Å². The lowest BCUT2D eigenvalue weighted by atomic mass is 9.79. The van der Waals surface area contributed by atoms with Crippen LogP contribution in [-0.2, 0) is 9.84 Å². The Labute approximate surface area is 154 Å². The number of hydrogen-bond acceptors (Lipinski definition) is 6. The molecule has 4 heterocycles. The summed E-state index contributed by atoms with van der Waals surface area (Å²) in [7, 11) is -3.18. The summed E-state index contributed by atoms with van der Waals surface area (Å²) >= 11 is 0. The predicted molar refractivity (Wildman–Crippen MR) is 102 cm³/mol. The minimum atomic E-state index is -3.18. The molecule has 2 aromatic rings. The average Bonchev–Trinajstić information content (AvgIpc) is 2.65. The molecule has 6 nitrogen and oxygen atoms in total. The van der Waals surface area contributed by atoms with Crippen LogP contribution >= 0.6 is 0 Å². The maximum absolute atomic E-state index is 11.6. The van der Waals surface area contributed by atoms with E-state index in [1.807, 2.05) is 12.1 Å². The Morgan fingerprint density at radius 3 is 2.27 bits per heavy atom. The van der Waals surface area contributed by atoms with Crippen LogP contribution in [0.5, 0.6) is 0 Å². The van der Waals surface area contributed by atoms with Crippen LogP contribution in [0.15, 0.2) is 41.3 Å². The Hall–Kier alpha value is -1.99. The lowest BCUT2D eigenvalue weighted by Gasteiger charge is -2.50. The largest absolute Gasteiger partial charge is 0.364 e. The van der Waals surface area contributed by atoms with E-state index in [0.29, 0.717) is 22.9 Å². The van der Waals surface area contributed by atoms with Crippen molar-refractivity contribution >= 4 is 15.7 Å². The second-order valence-electron chi connectivity index (χ2n) is 7.38. The van der Waals surface area contributed by atoms with Gasteiger partial charge in [-0.25, -0.2) is 8.42 Å². The molecule has 2 unspecified atom stereocenters. The van der Waals surface area contributed by atoms with Crippen molar-refractivity contribution in [3.05, 3.63) is 36.4 Å². The van der Waals surface area contributed by atoms with Crippen molar-refractivity contribution in [2.75, 3.05) is 24.7 Å². The number of aromatic nitrogens is 2. The molecule has 0 saturated carbocycles. The van der Waals surface area contributed by atoms with Crippen molar-refractivity contribution in [3.8, 4) is 11.3 Å². The second kappa shape index (κ2) is 6.63. The number of rotatable bonds is 4. The van der Waals surface area contributed by atoms with Crippen LogP contribution in [-0.4, -0.2) is 54.9 Å². The molecule has 0 amide bonds. The summed E-state index contributed by atoms with van der Waals surface area (Å²) in [4.78, 5) is 2.85. The molecule has 26 heavy (non-hydrogen) atoms. The molecular weight excluding hydrogens is 348 g/mol. The van der Waals surface area contributed by atoms with Gasteiger partial charge in [0.15, 0.2) is 9.84 Å². The smallest absolute Gasteiger partial charge is 0.175 e. The van der Waals surface area contributed by atoms with Crippen LogP contribution in [0, 0.1) is 5.92 Å². The zero-order valence-corrected chi connectivity index (χ0v) is 15.9. The summed E-state index contributed by atoms with van der Waals surface area (Å²) < 4.78 is 23.1. The standard InChI is InChI=1S/C19H24N4O2S/c1-13-19(15-9-11-23(13)12-10-15)20-18-8-7-17(21-22-18)14-3-5-16(6-4-14)26(2,24)25/h3-8,13,15,19H,9-12H2,1-2H3,(H,20,22). The van der Waals surface area contributed by atoms with E-state index >= 15 is 0 Å². The van der Waals surface area contributed by atoms with Gasteiger partial charge in [-0.05, 0) is 63.0 Å². The molecular formula is C19H24N4O2S. The number of hydrogen-bond donors (Lipinski definition) is 1. The van der Waals surface area contributed by atoms with E-state index in [-0.39, 0.29) is 0 Å². The Kier molecular flexibility index (Phi) is 4.44. The van der Waals surface area contributed by atoms with Crippen LogP contribution in [0.4, 0.5) is 5.82 Å². The summed E-state index contributed by atoms with van der Waals surface area (Å²) in [6.07, 6.45) is 3.71. The molecule has 0 radical (unpaired) electrons. The van der Waals surface area contributed by atoms with E-state index in [4.69, 9.17) is 0 Å². The molecule has 3 saturated heterocycles. The second-order valence-corrected chi connectivity index (χ2v) is 9.40. The van der Waals surface area contributed by atoms with E-state index in [2.05, 4.69) is 27.3 Å². The van der Waals surface area contributed by atoms with Crippen LogP contribution in [0.1, 0.15) is 19.8 Å². The fourth-order valence-electron chi connectivity index (χ4n) is 4.15. The van der Waals surface area contributed by atoms with Gasteiger partial charge in [0.2, 0.25) is 0 Å². The van der Waals surface area contributed by atoms with Gasteiger partial charge in [0.1, 0.15) is 5.82 Å². The van der Waals surface area contributed by atoms with Crippen molar-refractivity contribution in [3.63, 3.8) is 0 Å². The average molecular weight is 372 g/mol. The number of piperidine rings is 3. The quantitative estimate of drug-likeness (QED) is 0.888. The molecule has 1 aromatic carbocycles. The molecule has 7 heteroatoms. The van der Waals surface area contributed by atoms with E-state index in [1.54, 1.807) is 24.3 Å². The molecule has 3 aliphatic rings. The molecule has 138 valence electrons. The topological polar surface area (TPSA) is 75.2 Å². The summed E-state index contributed by atoms with van der Waals surface area (Å²) in [5, 5.41) is 12.2. The molecule has 5 rings (SSSR count). The minimum Gasteiger partial charge on any atom is -0.364 e. The molecule has 2 bridgehead atoms. The Morgan fingerprint density at radius 1 is 1.04 bits per heavy atom. The van der Waals surface area contributed by atoms with Gasteiger partial charge in [0.05, 0.1) is 10.6 Å². The fraction of sp³-hybridized carbons (Fsp3) is 0.474. The van der Waals surface area contributed by atoms with Gasteiger partial charge in [-0.1, -0.05) is 12.1 Å². The van der Waals surface area contributed by atoms with Crippen molar-refractivity contribution in [1.29, 1.82) is 0 Å². The first kappa shape index (κ1) is 17.4. The van der Waals surface area contributed by atoms with Gasteiger partial charge < -0.3 is 5.32 Å². The number of anilines is 1. The normalized spacial score (nSPS) is 28.1. The van der Waals surface area contributed by atoms with E-state index in [9.17, 15) is 8.42 Å². The molecule has 1 N–H and O–H groups in total. The monoisotopic (exact) mass is 372 g/mol. The third-order valence-corrected chi connectivity index (χ3v) is 6.86. The highest BCUT2D eigenvalue weighted by Crippen LogP contribution is 2.33. The first-order valence-electron chi connectivity index (χ1n) is 9.06. The van der Waals surface area contributed by atoms with Crippen molar-refractivity contribution in [2.45, 2.75) is 36.7 Å². The van der Waals surface area contributed by atoms with Crippen molar-refractivity contribution in [2.24, 2.45) is 5.92 Å². The van der Waals surface area contributed by atoms with Crippen LogP contribution < -0.4 is 5.32 Å². The minimum absolute atomic E-state index is 0.309. The zero-order chi connectivity index (χ0) is 18.3. The van der Waals surface area contributed by atoms with Gasteiger partial charge in [-0.2, -0.15) is 0 Å². The van der Waals surface area contributed by atoms with Gasteiger partial charge >= 0.3 is 0 Å². The number of nitrogens with one attached hydrogen (secondary N) is 1. The summed E-state index contributed by atoms with van der Waals surface area (Å²) in [5.41, 5.74) is 1.59. The van der Waals surface area contributed by atoms with Crippen molar-refractivity contribution in [1.82, 2.24) is 15.1 Å². The summed E-state index contributed by atoms with van der Waals surface area (Å²) in [5.74, 6) is 1.51. The van der Waals surface area contributed by atoms with Gasteiger partial charge in [-0.15, -0.1) is 10.2 Å². The zero-order valence-electron chi connectivity index (χ0n) is 15.1. The number of nitrogens with zero attached hydrogens (tertiary/aromatic N) is 3. The van der Waals surface area contributed by atoms with Crippen LogP contribution in [0.3, 0.4) is 0 Å². The molecule has 1 aromatic heterocycles. The maximum atomic E-state index is 11.6. The first-order valence-corrected chi connectivity index (χ1v) is 11.0. The third-order valence-electron chi connectivity index (χ3n) is 5.74. The number of fused-ring (bicyclic) bond motifs is 3. The van der Waals surface area contributed by atoms with Gasteiger partial charge in [0.25, 0.3) is 0 Å². The lowest BCUT2D eigenvalue weighted by molar-refractivity contribution is 0.0457. The van der Waals surface area contributed by atoms with Crippen LogP contribution in [0.2, 0.25) is 0 Å². The highest BCUT2D eigenvalue weighted by Gasteiger charge is 2.39. The van der Waals surface area contributed by atoms with Crippen molar-refractivity contribution < 1.29 is 8.42 Å². The highest BCUT2D eigenvalue weighted by molar-refractivity contribution is 7.90. The molecule has 0 aliphatic carbocycles.